The van der Waals surface area contributed by atoms with Gasteiger partial charge in [0, 0.05) is 21.7 Å². The van der Waals surface area contributed by atoms with Crippen LogP contribution in [0.5, 0.6) is 0 Å². The average Bonchev–Trinajstić information content (AvgIpc) is 2.86. The summed E-state index contributed by atoms with van der Waals surface area (Å²) in [4.78, 5) is 25.2. The van der Waals surface area contributed by atoms with E-state index < -0.39 is 0 Å². The first-order chi connectivity index (χ1) is 10.1. The minimum absolute atomic E-state index is 0.124. The largest absolute Gasteiger partial charge is 0.296 e. The maximum absolute atomic E-state index is 12.4. The van der Waals surface area contributed by atoms with E-state index >= 15 is 0 Å². The molecule has 2 amide bonds. The van der Waals surface area contributed by atoms with Crippen LogP contribution in [0, 0.1) is 0 Å². The second-order valence-corrected chi connectivity index (χ2v) is 8.21. The molecule has 1 aliphatic heterocycles. The van der Waals surface area contributed by atoms with Crippen LogP contribution in [0.1, 0.15) is 28.7 Å². The Labute approximate surface area is 143 Å². The molecule has 1 aromatic heterocycles. The lowest BCUT2D eigenvalue weighted by Gasteiger charge is -2.30. The summed E-state index contributed by atoms with van der Waals surface area (Å²) in [5.74, 6) is -0.921. The van der Waals surface area contributed by atoms with Gasteiger partial charge in [-0.15, -0.1) is 11.3 Å². The van der Waals surface area contributed by atoms with Crippen molar-refractivity contribution in [3.05, 3.63) is 55.1 Å². The van der Waals surface area contributed by atoms with Gasteiger partial charge in [-0.1, -0.05) is 34.1 Å². The number of carbonyl (C=O) groups excluding carboxylic acids is 2. The summed E-state index contributed by atoms with van der Waals surface area (Å²) in [5, 5.41) is 2.46. The molecule has 21 heavy (non-hydrogen) atoms. The van der Waals surface area contributed by atoms with Gasteiger partial charge in [-0.2, -0.15) is 0 Å². The van der Waals surface area contributed by atoms with E-state index in [1.54, 1.807) is 11.3 Å². The van der Waals surface area contributed by atoms with Gasteiger partial charge >= 0.3 is 0 Å². The fourth-order valence-electron chi connectivity index (χ4n) is 2.64. The molecule has 0 aliphatic carbocycles. The monoisotopic (exact) mass is 427 g/mol. The number of thiophene rings is 1. The predicted molar refractivity (Wildman–Crippen MR) is 89.4 cm³/mol. The van der Waals surface area contributed by atoms with E-state index in [0.717, 1.165) is 18.7 Å². The third-order valence-electron chi connectivity index (χ3n) is 3.55. The molecular weight excluding hydrogens is 418 g/mol. The Morgan fingerprint density at radius 1 is 1.10 bits per heavy atom. The van der Waals surface area contributed by atoms with E-state index in [1.807, 2.05) is 36.4 Å². The Kier molecular flexibility index (Phi) is 4.28. The molecule has 1 aliphatic rings. The van der Waals surface area contributed by atoms with Crippen molar-refractivity contribution in [1.82, 2.24) is 5.32 Å². The van der Waals surface area contributed by atoms with E-state index in [4.69, 9.17) is 0 Å². The lowest BCUT2D eigenvalue weighted by atomic mass is 9.79. The van der Waals surface area contributed by atoms with Crippen LogP contribution in [0.25, 0.3) is 0 Å². The molecule has 108 valence electrons. The smallest absolute Gasteiger partial charge is 0.234 e. The van der Waals surface area contributed by atoms with Gasteiger partial charge in [-0.25, -0.2) is 0 Å². The van der Waals surface area contributed by atoms with Gasteiger partial charge in [-0.05, 0) is 39.7 Å². The molecule has 0 radical (unpaired) electrons. The summed E-state index contributed by atoms with van der Waals surface area (Å²) in [6.45, 7) is 0. The Hall–Kier alpha value is -0.980. The first-order valence-corrected chi connectivity index (χ1v) is 8.80. The van der Waals surface area contributed by atoms with Crippen molar-refractivity contribution in [2.75, 3.05) is 0 Å². The molecule has 1 aromatic carbocycles. The molecule has 1 fully saturated rings. The van der Waals surface area contributed by atoms with Crippen LogP contribution in [0.4, 0.5) is 0 Å². The van der Waals surface area contributed by atoms with Gasteiger partial charge in [0.2, 0.25) is 11.8 Å². The van der Waals surface area contributed by atoms with Gasteiger partial charge in [0.15, 0.2) is 0 Å². The van der Waals surface area contributed by atoms with Gasteiger partial charge in [-0.3, -0.25) is 14.9 Å². The molecule has 1 N–H and O–H groups in total. The first-order valence-electron chi connectivity index (χ1n) is 6.39. The number of imide groups is 1. The van der Waals surface area contributed by atoms with E-state index in [0.29, 0.717) is 6.42 Å². The molecule has 0 bridgehead atoms. The summed E-state index contributed by atoms with van der Waals surface area (Å²) >= 11 is 8.52. The molecule has 2 unspecified atom stereocenters. The summed E-state index contributed by atoms with van der Waals surface area (Å²) in [6, 6.07) is 11.6. The highest BCUT2D eigenvalue weighted by Gasteiger charge is 2.39. The molecule has 3 rings (SSSR count). The zero-order chi connectivity index (χ0) is 15.0. The third-order valence-corrected chi connectivity index (χ3v) is 6.03. The summed E-state index contributed by atoms with van der Waals surface area (Å²) in [5.41, 5.74) is 0.914. The van der Waals surface area contributed by atoms with Crippen molar-refractivity contribution in [1.29, 1.82) is 0 Å². The van der Waals surface area contributed by atoms with E-state index in [1.165, 1.54) is 0 Å². The van der Waals surface area contributed by atoms with E-state index in [-0.39, 0.29) is 23.7 Å². The Balaban J connectivity index is 2.07. The van der Waals surface area contributed by atoms with Gasteiger partial charge in [0.1, 0.15) is 0 Å². The highest BCUT2D eigenvalue weighted by Crippen LogP contribution is 2.43. The molecule has 3 nitrogen and oxygen atoms in total. The first kappa shape index (κ1) is 14.9. The van der Waals surface area contributed by atoms with E-state index in [2.05, 4.69) is 37.2 Å². The van der Waals surface area contributed by atoms with Gasteiger partial charge in [0.25, 0.3) is 0 Å². The third kappa shape index (κ3) is 2.98. The van der Waals surface area contributed by atoms with Crippen molar-refractivity contribution >= 4 is 55.0 Å². The lowest BCUT2D eigenvalue weighted by molar-refractivity contribution is -0.135. The molecule has 2 heterocycles. The minimum atomic E-state index is -0.358. The average molecular weight is 429 g/mol. The summed E-state index contributed by atoms with van der Waals surface area (Å²) in [7, 11) is 0. The van der Waals surface area contributed by atoms with Crippen LogP contribution >= 0.6 is 43.2 Å². The molecular formula is C15H11Br2NO2S. The number of halogens is 2. The zero-order valence-corrected chi connectivity index (χ0v) is 14.8. The van der Waals surface area contributed by atoms with Crippen molar-refractivity contribution in [3.63, 3.8) is 0 Å². The highest BCUT2D eigenvalue weighted by atomic mass is 79.9. The van der Waals surface area contributed by atoms with Crippen molar-refractivity contribution in [2.24, 2.45) is 0 Å². The fraction of sp³-hybridized carbons (Fsp3) is 0.200. The highest BCUT2D eigenvalue weighted by molar-refractivity contribution is 9.11. The number of hydrogen-bond donors (Lipinski definition) is 1. The lowest BCUT2D eigenvalue weighted by Crippen LogP contribution is -2.43. The molecule has 6 heteroatoms. The maximum atomic E-state index is 12.4. The number of nitrogens with one attached hydrogen (secondary N) is 1. The van der Waals surface area contributed by atoms with Crippen molar-refractivity contribution in [2.45, 2.75) is 18.3 Å². The second-order valence-electron chi connectivity index (χ2n) is 4.86. The Morgan fingerprint density at radius 2 is 1.86 bits per heavy atom. The molecule has 0 spiro atoms. The molecule has 1 saturated heterocycles. The predicted octanol–water partition coefficient (Wildman–Crippen LogP) is 4.19. The maximum Gasteiger partial charge on any atom is 0.234 e. The SMILES string of the molecule is O=C1CC(c2ccc(Br)s2)C(c2ccccc2Br)C(=O)N1. The topological polar surface area (TPSA) is 46.2 Å². The van der Waals surface area contributed by atoms with Crippen LogP contribution in [0.3, 0.4) is 0 Å². The van der Waals surface area contributed by atoms with Crippen LogP contribution in [-0.4, -0.2) is 11.8 Å². The number of hydrogen-bond acceptors (Lipinski definition) is 3. The van der Waals surface area contributed by atoms with Crippen LogP contribution in [0.15, 0.2) is 44.7 Å². The van der Waals surface area contributed by atoms with Crippen LogP contribution < -0.4 is 5.32 Å². The number of amides is 2. The second kappa shape index (κ2) is 6.02. The zero-order valence-electron chi connectivity index (χ0n) is 10.8. The summed E-state index contributed by atoms with van der Waals surface area (Å²) in [6.07, 6.45) is 0.324. The molecule has 2 atom stereocenters. The van der Waals surface area contributed by atoms with Gasteiger partial charge < -0.3 is 0 Å². The minimum Gasteiger partial charge on any atom is -0.296 e. The quantitative estimate of drug-likeness (QED) is 0.729. The van der Waals surface area contributed by atoms with E-state index in [9.17, 15) is 9.59 Å². The molecule has 0 saturated carbocycles. The number of rotatable bonds is 2. The fourth-order valence-corrected chi connectivity index (χ4v) is 4.74. The molecule has 2 aromatic rings. The standard InChI is InChI=1S/C15H11Br2NO2S/c16-10-4-2-1-3-8(10)14-9(7-13(19)18-15(14)20)11-5-6-12(17)21-11/h1-6,9,14H,7H2,(H,18,19,20). The van der Waals surface area contributed by atoms with Gasteiger partial charge in [0.05, 0.1) is 9.70 Å². The summed E-state index contributed by atoms with van der Waals surface area (Å²) < 4.78 is 1.89. The van der Waals surface area contributed by atoms with Crippen LogP contribution in [-0.2, 0) is 9.59 Å². The van der Waals surface area contributed by atoms with Crippen molar-refractivity contribution in [3.8, 4) is 0 Å². The van der Waals surface area contributed by atoms with Crippen molar-refractivity contribution < 1.29 is 9.59 Å². The van der Waals surface area contributed by atoms with Crippen LogP contribution in [0.2, 0.25) is 0 Å². The Bertz CT molecular complexity index is 713. The Morgan fingerprint density at radius 3 is 2.52 bits per heavy atom. The normalized spacial score (nSPS) is 22.2. The number of benzene rings is 1. The number of piperidine rings is 1. The number of carbonyl (C=O) groups is 2.